The molecule has 0 radical (unpaired) electrons. The van der Waals surface area contributed by atoms with E-state index in [1.807, 2.05) is 0 Å². The van der Waals surface area contributed by atoms with E-state index < -0.39 is 79.2 Å². The number of ether oxygens (including phenoxy) is 5. The molecule has 7 N–H and O–H groups in total. The Morgan fingerprint density at radius 2 is 1.45 bits per heavy atom. The van der Waals surface area contributed by atoms with Crippen LogP contribution < -0.4 is 14.9 Å². The SMILES string of the molecule is COc1ccc(-c2cc(=O)c3c(O)cc(O[C@H]4O[C@@H](CO[C@H]5O[C@@H](C)[C@H](O)[C@@H](O)[C@@H]5O)[C@H](O)[C@@H](O)[C@@H]4O)cc3o2)cc1. The third-order valence-electron chi connectivity index (χ3n) is 7.31. The van der Waals surface area contributed by atoms with Crippen LogP contribution in [-0.2, 0) is 14.2 Å². The smallest absolute Gasteiger partial charge is 0.229 e. The highest BCUT2D eigenvalue weighted by atomic mass is 16.7. The molecule has 2 aromatic carbocycles. The van der Waals surface area contributed by atoms with E-state index in [2.05, 4.69) is 0 Å². The van der Waals surface area contributed by atoms with Crippen LogP contribution in [0.25, 0.3) is 22.3 Å². The van der Waals surface area contributed by atoms with Gasteiger partial charge in [-0.2, -0.15) is 0 Å². The topological polar surface area (TPSA) is 218 Å². The molecular weight excluding hydrogens is 560 g/mol. The summed E-state index contributed by atoms with van der Waals surface area (Å²) >= 11 is 0. The van der Waals surface area contributed by atoms with Gasteiger partial charge in [-0.25, -0.2) is 0 Å². The molecule has 2 saturated heterocycles. The standard InChI is InChI=1S/C28H32O14/c1-11-21(31)23(33)25(35)27(39-11)38-10-19-22(32)24(34)26(36)28(42-19)40-14-7-15(29)20-16(30)9-17(41-18(20)8-14)12-3-5-13(37-2)6-4-12/h3-9,11,19,21-29,31-36H,10H2,1-2H3/t11-,19-,21-,22-,23+,24+,25-,26-,27-,28-/m0/s1. The van der Waals surface area contributed by atoms with Gasteiger partial charge < -0.3 is 63.8 Å². The quantitative estimate of drug-likeness (QED) is 0.179. The van der Waals surface area contributed by atoms with Crippen LogP contribution in [0.3, 0.4) is 0 Å². The Bertz CT molecular complexity index is 1440. The summed E-state index contributed by atoms with van der Waals surface area (Å²) in [6, 6.07) is 10.4. The van der Waals surface area contributed by atoms with E-state index in [0.717, 1.165) is 6.07 Å². The lowest BCUT2D eigenvalue weighted by atomic mass is 9.98. The van der Waals surface area contributed by atoms with Crippen molar-refractivity contribution < 1.29 is 63.8 Å². The largest absolute Gasteiger partial charge is 0.507 e. The molecule has 1 aromatic heterocycles. The Balaban J connectivity index is 1.35. The molecule has 0 amide bonds. The number of benzene rings is 2. The fraction of sp³-hybridized carbons (Fsp3) is 0.464. The van der Waals surface area contributed by atoms with Crippen molar-refractivity contribution in [2.45, 2.75) is 68.3 Å². The molecule has 0 unspecified atom stereocenters. The highest BCUT2D eigenvalue weighted by molar-refractivity contribution is 5.86. The summed E-state index contributed by atoms with van der Waals surface area (Å²) in [6.45, 7) is 0.984. The average molecular weight is 593 g/mol. The minimum atomic E-state index is -1.76. The van der Waals surface area contributed by atoms with E-state index in [4.69, 9.17) is 28.1 Å². The van der Waals surface area contributed by atoms with Crippen LogP contribution in [0, 0.1) is 0 Å². The number of rotatable bonds is 7. The summed E-state index contributed by atoms with van der Waals surface area (Å²) in [6.07, 6.45) is -14.8. The van der Waals surface area contributed by atoms with Gasteiger partial charge >= 0.3 is 0 Å². The van der Waals surface area contributed by atoms with Gasteiger partial charge in [0, 0.05) is 23.8 Å². The van der Waals surface area contributed by atoms with E-state index in [9.17, 15) is 40.5 Å². The van der Waals surface area contributed by atoms with Gasteiger partial charge in [-0.3, -0.25) is 4.79 Å². The van der Waals surface area contributed by atoms with Crippen molar-refractivity contribution in [2.24, 2.45) is 0 Å². The predicted octanol–water partition coefficient (Wildman–Crippen LogP) is -0.795. The minimum absolute atomic E-state index is 0.0348. The second-order valence-electron chi connectivity index (χ2n) is 10.2. The zero-order chi connectivity index (χ0) is 30.3. The summed E-state index contributed by atoms with van der Waals surface area (Å²) in [4.78, 5) is 12.8. The number of phenols is 1. The minimum Gasteiger partial charge on any atom is -0.507 e. The lowest BCUT2D eigenvalue weighted by molar-refractivity contribution is -0.318. The molecule has 14 nitrogen and oxygen atoms in total. The van der Waals surface area contributed by atoms with Gasteiger partial charge in [0.1, 0.15) is 76.7 Å². The van der Waals surface area contributed by atoms with Crippen molar-refractivity contribution >= 4 is 11.0 Å². The molecule has 0 bridgehead atoms. The number of hydrogen-bond donors (Lipinski definition) is 7. The Labute approximate surface area is 238 Å². The number of methoxy groups -OCH3 is 1. The monoisotopic (exact) mass is 592 g/mol. The van der Waals surface area contributed by atoms with Crippen molar-refractivity contribution in [3.63, 3.8) is 0 Å². The molecule has 0 saturated carbocycles. The summed E-state index contributed by atoms with van der Waals surface area (Å²) in [7, 11) is 1.52. The number of fused-ring (bicyclic) bond motifs is 1. The van der Waals surface area contributed by atoms with Crippen LogP contribution >= 0.6 is 0 Å². The van der Waals surface area contributed by atoms with Crippen molar-refractivity contribution in [1.82, 2.24) is 0 Å². The van der Waals surface area contributed by atoms with Crippen LogP contribution in [-0.4, -0.2) is 111 Å². The molecule has 2 fully saturated rings. The van der Waals surface area contributed by atoms with Crippen LogP contribution in [0.15, 0.2) is 51.7 Å². The molecule has 3 heterocycles. The van der Waals surface area contributed by atoms with Crippen molar-refractivity contribution in [3.05, 3.63) is 52.7 Å². The first-order valence-corrected chi connectivity index (χ1v) is 13.1. The van der Waals surface area contributed by atoms with E-state index in [1.165, 1.54) is 26.2 Å². The first kappa shape index (κ1) is 30.2. The molecule has 5 rings (SSSR count). The van der Waals surface area contributed by atoms with Crippen LogP contribution in [0.5, 0.6) is 17.2 Å². The second kappa shape index (κ2) is 12.1. The number of phenolic OH excluding ortho intramolecular Hbond substituents is 1. The van der Waals surface area contributed by atoms with Gasteiger partial charge in [0.2, 0.25) is 6.29 Å². The summed E-state index contributed by atoms with van der Waals surface area (Å²) in [5.41, 5.74) is 0.0115. The number of aromatic hydroxyl groups is 1. The maximum atomic E-state index is 12.8. The van der Waals surface area contributed by atoms with E-state index in [0.29, 0.717) is 11.3 Å². The normalized spacial score (nSPS) is 33.4. The van der Waals surface area contributed by atoms with Gasteiger partial charge in [-0.15, -0.1) is 0 Å². The van der Waals surface area contributed by atoms with Gasteiger partial charge in [-0.1, -0.05) is 0 Å². The molecule has 0 spiro atoms. The third-order valence-corrected chi connectivity index (χ3v) is 7.31. The zero-order valence-corrected chi connectivity index (χ0v) is 22.5. The first-order chi connectivity index (χ1) is 20.0. The molecule has 0 aliphatic carbocycles. The molecule has 10 atom stereocenters. The average Bonchev–Trinajstić information content (AvgIpc) is 2.97. The second-order valence-corrected chi connectivity index (χ2v) is 10.2. The van der Waals surface area contributed by atoms with Crippen LogP contribution in [0.4, 0.5) is 0 Å². The summed E-state index contributed by atoms with van der Waals surface area (Å²) < 4.78 is 33.2. The Morgan fingerprint density at radius 1 is 0.786 bits per heavy atom. The lowest BCUT2D eigenvalue weighted by Crippen LogP contribution is -2.61. The highest BCUT2D eigenvalue weighted by Gasteiger charge is 2.47. The van der Waals surface area contributed by atoms with Gasteiger partial charge in [0.15, 0.2) is 11.7 Å². The molecule has 2 aliphatic heterocycles. The van der Waals surface area contributed by atoms with E-state index in [-0.39, 0.29) is 22.5 Å². The molecule has 2 aliphatic rings. The number of aliphatic hydroxyl groups excluding tert-OH is 6. The predicted molar refractivity (Wildman–Crippen MR) is 142 cm³/mol. The summed E-state index contributed by atoms with van der Waals surface area (Å²) in [5, 5.41) is 71.9. The fourth-order valence-electron chi connectivity index (χ4n) is 4.84. The number of aliphatic hydroxyl groups is 6. The third kappa shape index (κ3) is 5.81. The van der Waals surface area contributed by atoms with Crippen LogP contribution in [0.2, 0.25) is 0 Å². The summed E-state index contributed by atoms with van der Waals surface area (Å²) in [5.74, 6) is 0.238. The van der Waals surface area contributed by atoms with E-state index in [1.54, 1.807) is 24.3 Å². The molecule has 228 valence electrons. The fourth-order valence-corrected chi connectivity index (χ4v) is 4.84. The van der Waals surface area contributed by atoms with Gasteiger partial charge in [0.05, 0.1) is 19.8 Å². The maximum absolute atomic E-state index is 12.8. The maximum Gasteiger partial charge on any atom is 0.229 e. The van der Waals surface area contributed by atoms with Crippen molar-refractivity contribution in [1.29, 1.82) is 0 Å². The first-order valence-electron chi connectivity index (χ1n) is 13.1. The Hall–Kier alpha value is -3.31. The zero-order valence-electron chi connectivity index (χ0n) is 22.5. The molecule has 42 heavy (non-hydrogen) atoms. The molecular formula is C28H32O14. The molecule has 3 aromatic rings. The van der Waals surface area contributed by atoms with Crippen molar-refractivity contribution in [3.8, 4) is 28.6 Å². The lowest BCUT2D eigenvalue weighted by Gasteiger charge is -2.42. The highest BCUT2D eigenvalue weighted by Crippen LogP contribution is 2.34. The van der Waals surface area contributed by atoms with Crippen LogP contribution in [0.1, 0.15) is 6.92 Å². The van der Waals surface area contributed by atoms with E-state index >= 15 is 0 Å². The van der Waals surface area contributed by atoms with Gasteiger partial charge in [-0.05, 0) is 31.2 Å². The number of hydrogen-bond acceptors (Lipinski definition) is 14. The Kier molecular flexibility index (Phi) is 8.71. The van der Waals surface area contributed by atoms with Crippen molar-refractivity contribution in [2.75, 3.05) is 13.7 Å². The Morgan fingerprint density at radius 3 is 2.14 bits per heavy atom. The van der Waals surface area contributed by atoms with Gasteiger partial charge in [0.25, 0.3) is 0 Å². The molecule has 14 heteroatoms.